The van der Waals surface area contributed by atoms with E-state index in [0.717, 1.165) is 0 Å². The van der Waals surface area contributed by atoms with E-state index in [4.69, 9.17) is 15.7 Å². The van der Waals surface area contributed by atoms with Crippen molar-refractivity contribution in [2.24, 2.45) is 5.90 Å². The van der Waals surface area contributed by atoms with Gasteiger partial charge in [0.25, 0.3) is 0 Å². The summed E-state index contributed by atoms with van der Waals surface area (Å²) in [4.78, 5) is 4.20. The van der Waals surface area contributed by atoms with E-state index in [9.17, 15) is 15.3 Å². The van der Waals surface area contributed by atoms with Crippen LogP contribution < -0.4 is 5.90 Å². The summed E-state index contributed by atoms with van der Waals surface area (Å²) in [6.45, 7) is -0.495. The van der Waals surface area contributed by atoms with Crippen molar-refractivity contribution < 1.29 is 30.0 Å². The molecule has 0 radical (unpaired) electrons. The van der Waals surface area contributed by atoms with E-state index in [1.807, 2.05) is 0 Å². The van der Waals surface area contributed by atoms with Crippen molar-refractivity contribution in [3.05, 3.63) is 0 Å². The third-order valence-corrected chi connectivity index (χ3v) is 1.98. The molecule has 0 amide bonds. The first-order valence-electron chi connectivity index (χ1n) is 3.78. The van der Waals surface area contributed by atoms with Crippen molar-refractivity contribution >= 4 is 0 Å². The van der Waals surface area contributed by atoms with Crippen molar-refractivity contribution in [3.8, 4) is 0 Å². The second-order valence-corrected chi connectivity index (χ2v) is 2.83. The third-order valence-electron chi connectivity index (χ3n) is 1.98. The fraction of sp³-hybridized carbons (Fsp3) is 1.00. The number of aliphatic hydroxyl groups is 4. The lowest BCUT2D eigenvalue weighted by molar-refractivity contribution is -0.302. The first-order valence-corrected chi connectivity index (χ1v) is 3.78. The predicted octanol–water partition coefficient (Wildman–Crippen LogP) is -3.32. The highest BCUT2D eigenvalue weighted by Crippen LogP contribution is 2.20. The molecule has 0 bridgehead atoms. The molecular formula is C6H13NO6. The minimum Gasteiger partial charge on any atom is -0.394 e. The van der Waals surface area contributed by atoms with Gasteiger partial charge in [-0.3, -0.25) is 4.84 Å². The van der Waals surface area contributed by atoms with Gasteiger partial charge in [-0.25, -0.2) is 5.90 Å². The molecule has 78 valence electrons. The first-order chi connectivity index (χ1) is 6.11. The van der Waals surface area contributed by atoms with Crippen molar-refractivity contribution in [1.29, 1.82) is 0 Å². The minimum atomic E-state index is -1.44. The van der Waals surface area contributed by atoms with Gasteiger partial charge in [-0.1, -0.05) is 0 Å². The Labute approximate surface area is 74.3 Å². The quantitative estimate of drug-likeness (QED) is 0.292. The van der Waals surface area contributed by atoms with Crippen LogP contribution in [0.1, 0.15) is 0 Å². The Morgan fingerprint density at radius 1 is 1.15 bits per heavy atom. The van der Waals surface area contributed by atoms with Crippen LogP contribution in [0, 0.1) is 0 Å². The molecule has 1 heterocycles. The van der Waals surface area contributed by atoms with E-state index < -0.39 is 37.3 Å². The van der Waals surface area contributed by atoms with E-state index in [1.165, 1.54) is 0 Å². The van der Waals surface area contributed by atoms with Crippen LogP contribution >= 0.6 is 0 Å². The van der Waals surface area contributed by atoms with Gasteiger partial charge in [-0.05, 0) is 0 Å². The lowest BCUT2D eigenvalue weighted by atomic mass is 9.99. The fourth-order valence-electron chi connectivity index (χ4n) is 1.18. The lowest BCUT2D eigenvalue weighted by Crippen LogP contribution is -2.59. The molecule has 1 fully saturated rings. The molecule has 0 aromatic heterocycles. The molecule has 1 aliphatic heterocycles. The average molecular weight is 195 g/mol. The minimum absolute atomic E-state index is 0.495. The van der Waals surface area contributed by atoms with Gasteiger partial charge in [-0.15, -0.1) is 0 Å². The number of hydrogen-bond acceptors (Lipinski definition) is 7. The Morgan fingerprint density at radius 3 is 2.23 bits per heavy atom. The second-order valence-electron chi connectivity index (χ2n) is 2.83. The molecule has 0 unspecified atom stereocenters. The summed E-state index contributed by atoms with van der Waals surface area (Å²) in [7, 11) is 0. The predicted molar refractivity (Wildman–Crippen MR) is 39.0 cm³/mol. The molecule has 1 aliphatic rings. The second kappa shape index (κ2) is 4.29. The fourth-order valence-corrected chi connectivity index (χ4v) is 1.18. The van der Waals surface area contributed by atoms with Crippen molar-refractivity contribution in [2.45, 2.75) is 30.7 Å². The Hall–Kier alpha value is -0.280. The summed E-state index contributed by atoms with van der Waals surface area (Å²) in [6.07, 6.45) is -6.48. The molecule has 6 N–H and O–H groups in total. The summed E-state index contributed by atoms with van der Waals surface area (Å²) in [5, 5.41) is 36.4. The average Bonchev–Trinajstić information content (AvgIpc) is 2.15. The Balaban J connectivity index is 2.66. The van der Waals surface area contributed by atoms with Crippen LogP contribution in [0.4, 0.5) is 0 Å². The lowest BCUT2D eigenvalue weighted by Gasteiger charge is -2.38. The summed E-state index contributed by atoms with van der Waals surface area (Å²) in [5.74, 6) is 4.76. The normalized spacial score (nSPS) is 46.4. The molecule has 1 saturated heterocycles. The Kier molecular flexibility index (Phi) is 3.56. The number of aliphatic hydroxyl groups excluding tert-OH is 4. The summed E-state index contributed by atoms with van der Waals surface area (Å²) in [5.41, 5.74) is 0. The molecular weight excluding hydrogens is 182 g/mol. The topological polar surface area (TPSA) is 125 Å². The Morgan fingerprint density at radius 2 is 1.77 bits per heavy atom. The molecule has 13 heavy (non-hydrogen) atoms. The summed E-state index contributed by atoms with van der Waals surface area (Å²) < 4.78 is 4.82. The van der Waals surface area contributed by atoms with Crippen LogP contribution in [0.5, 0.6) is 0 Å². The number of rotatable bonds is 2. The van der Waals surface area contributed by atoms with Crippen LogP contribution in [0.25, 0.3) is 0 Å². The zero-order valence-electron chi connectivity index (χ0n) is 6.78. The maximum absolute atomic E-state index is 9.23. The van der Waals surface area contributed by atoms with Crippen molar-refractivity contribution in [2.75, 3.05) is 6.61 Å². The van der Waals surface area contributed by atoms with Gasteiger partial charge in [0.15, 0.2) is 0 Å². The maximum Gasteiger partial charge on any atom is 0.206 e. The Bertz CT molecular complexity index is 147. The molecule has 7 heteroatoms. The van der Waals surface area contributed by atoms with Crippen LogP contribution in [0.3, 0.4) is 0 Å². The van der Waals surface area contributed by atoms with Gasteiger partial charge >= 0.3 is 0 Å². The summed E-state index contributed by atoms with van der Waals surface area (Å²) in [6, 6.07) is 0. The summed E-state index contributed by atoms with van der Waals surface area (Å²) >= 11 is 0. The van der Waals surface area contributed by atoms with Gasteiger partial charge in [-0.2, -0.15) is 0 Å². The van der Waals surface area contributed by atoms with Gasteiger partial charge in [0.05, 0.1) is 6.61 Å². The molecule has 5 atom stereocenters. The van der Waals surface area contributed by atoms with Gasteiger partial charge in [0.1, 0.15) is 24.4 Å². The van der Waals surface area contributed by atoms with Gasteiger partial charge in [0.2, 0.25) is 6.29 Å². The van der Waals surface area contributed by atoms with Crippen LogP contribution in [-0.4, -0.2) is 57.7 Å². The SMILES string of the molecule is NO[C@@H]1O[C@@H](CO)[C@@H](O)[C@@H](O)[C@@H]1O. The van der Waals surface area contributed by atoms with Crippen LogP contribution in [0.2, 0.25) is 0 Å². The molecule has 0 aliphatic carbocycles. The number of ether oxygens (including phenoxy) is 1. The van der Waals surface area contributed by atoms with E-state index in [-0.39, 0.29) is 0 Å². The number of hydrogen-bond donors (Lipinski definition) is 5. The standard InChI is InChI=1S/C6H13NO6/c7-13-6-5(11)4(10)3(9)2(1-8)12-6/h2-6,8-11H,1,7H2/t2-,3+,4+,5-,6-/m0/s1. The van der Waals surface area contributed by atoms with E-state index in [1.54, 1.807) is 0 Å². The highest BCUT2D eigenvalue weighted by molar-refractivity contribution is 4.88. The largest absolute Gasteiger partial charge is 0.394 e. The maximum atomic E-state index is 9.23. The van der Waals surface area contributed by atoms with E-state index in [2.05, 4.69) is 4.84 Å². The van der Waals surface area contributed by atoms with Gasteiger partial charge in [0, 0.05) is 0 Å². The number of nitrogens with two attached hydrogens (primary N) is 1. The highest BCUT2D eigenvalue weighted by Gasteiger charge is 2.43. The van der Waals surface area contributed by atoms with E-state index in [0.29, 0.717) is 0 Å². The molecule has 7 nitrogen and oxygen atoms in total. The zero-order valence-corrected chi connectivity index (χ0v) is 6.78. The monoisotopic (exact) mass is 195 g/mol. The van der Waals surface area contributed by atoms with Crippen LogP contribution in [-0.2, 0) is 9.57 Å². The first kappa shape index (κ1) is 10.8. The molecule has 0 spiro atoms. The van der Waals surface area contributed by atoms with Crippen molar-refractivity contribution in [3.63, 3.8) is 0 Å². The molecule has 0 aromatic carbocycles. The molecule has 1 rings (SSSR count). The van der Waals surface area contributed by atoms with E-state index >= 15 is 0 Å². The van der Waals surface area contributed by atoms with Gasteiger partial charge < -0.3 is 25.2 Å². The smallest absolute Gasteiger partial charge is 0.206 e. The highest BCUT2D eigenvalue weighted by atomic mass is 16.8. The molecule has 0 saturated carbocycles. The molecule has 0 aromatic rings. The zero-order chi connectivity index (χ0) is 10.0. The third kappa shape index (κ3) is 1.97. The van der Waals surface area contributed by atoms with Crippen LogP contribution in [0.15, 0.2) is 0 Å². The van der Waals surface area contributed by atoms with Crippen molar-refractivity contribution in [1.82, 2.24) is 0 Å².